The van der Waals surface area contributed by atoms with Gasteiger partial charge in [0, 0.05) is 0 Å². The predicted octanol–water partition coefficient (Wildman–Crippen LogP) is -2.90. The Hall–Kier alpha value is -1.40. The van der Waals surface area contributed by atoms with Crippen LogP contribution in [0.1, 0.15) is 6.92 Å². The van der Waals surface area contributed by atoms with Crippen LogP contribution in [0, 0.1) is 0 Å². The van der Waals surface area contributed by atoms with Gasteiger partial charge in [-0.1, -0.05) is 0 Å². The summed E-state index contributed by atoms with van der Waals surface area (Å²) in [4.78, 5) is 0. The van der Waals surface area contributed by atoms with E-state index in [0.717, 1.165) is 6.21 Å². The molecule has 0 aromatic heterocycles. The fourth-order valence-electron chi connectivity index (χ4n) is 0.892. The Morgan fingerprint density at radius 3 is 2.11 bits per heavy atom. The Balaban J connectivity index is 4.94. The van der Waals surface area contributed by atoms with Gasteiger partial charge in [-0.3, -0.25) is 10.9 Å². The Morgan fingerprint density at radius 1 is 1.16 bits per heavy atom. The SMILES string of the molecule is C[C@H](O)[C@H](O)[C@H](O)C(/C=N\NC(N)=S)=N\NC(N)=S. The summed E-state index contributed by atoms with van der Waals surface area (Å²) in [6.07, 6.45) is -3.12. The highest BCUT2D eigenvalue weighted by Crippen LogP contribution is 2.01. The molecule has 9 N–H and O–H groups in total. The number of hydrogen-bond acceptors (Lipinski definition) is 7. The lowest BCUT2D eigenvalue weighted by Gasteiger charge is -2.19. The largest absolute Gasteiger partial charge is 0.391 e. The maximum atomic E-state index is 9.78. The summed E-state index contributed by atoms with van der Waals surface area (Å²) in [6, 6.07) is 0. The summed E-state index contributed by atoms with van der Waals surface area (Å²) >= 11 is 9.05. The fraction of sp³-hybridized carbons (Fsp3) is 0.500. The molecule has 0 aromatic rings. The van der Waals surface area contributed by atoms with Gasteiger partial charge in [0.15, 0.2) is 10.2 Å². The van der Waals surface area contributed by atoms with Crippen LogP contribution in [-0.2, 0) is 0 Å². The quantitative estimate of drug-likeness (QED) is 0.155. The molecule has 0 fully saturated rings. The van der Waals surface area contributed by atoms with Gasteiger partial charge in [-0.15, -0.1) is 0 Å². The zero-order valence-corrected chi connectivity index (χ0v) is 11.6. The molecule has 9 nitrogen and oxygen atoms in total. The van der Waals surface area contributed by atoms with E-state index in [0.29, 0.717) is 0 Å². The highest BCUT2D eigenvalue weighted by atomic mass is 32.1. The molecule has 0 aliphatic heterocycles. The summed E-state index contributed by atoms with van der Waals surface area (Å²) in [6.45, 7) is 1.30. The topological polar surface area (TPSA) is 162 Å². The van der Waals surface area contributed by atoms with Crippen LogP contribution in [0.15, 0.2) is 10.2 Å². The lowest BCUT2D eigenvalue weighted by molar-refractivity contribution is -0.0250. The first-order valence-electron chi connectivity index (χ1n) is 5.01. The molecule has 0 saturated heterocycles. The normalized spacial score (nSPS) is 16.7. The van der Waals surface area contributed by atoms with Crippen LogP contribution in [0.5, 0.6) is 0 Å². The number of thiocarbonyl (C=S) groups is 2. The first-order valence-corrected chi connectivity index (χ1v) is 5.83. The average molecular weight is 308 g/mol. The standard InChI is InChI=1S/C8H16N6O3S2/c1-3(15)5(16)6(17)4(12-14-8(10)19)2-11-13-7(9)18/h2-3,5-6,15-17H,1H3,(H3,9,13,18)(H3,10,14,19)/b11-2-,12-4-/t3-,5-,6+/m0/s1. The summed E-state index contributed by atoms with van der Waals surface area (Å²) in [7, 11) is 0. The van der Waals surface area contributed by atoms with E-state index >= 15 is 0 Å². The van der Waals surface area contributed by atoms with E-state index < -0.39 is 18.3 Å². The number of nitrogens with two attached hydrogens (primary N) is 2. The average Bonchev–Trinajstić information content (AvgIpc) is 2.30. The van der Waals surface area contributed by atoms with Crippen LogP contribution in [0.4, 0.5) is 0 Å². The molecule has 0 unspecified atom stereocenters. The van der Waals surface area contributed by atoms with E-state index in [1.54, 1.807) is 0 Å². The Labute approximate surface area is 120 Å². The maximum Gasteiger partial charge on any atom is 0.184 e. The minimum absolute atomic E-state index is 0.0940. The molecular formula is C8H16N6O3S2. The second-order valence-electron chi connectivity index (χ2n) is 3.42. The van der Waals surface area contributed by atoms with Crippen LogP contribution in [0.3, 0.4) is 0 Å². The molecule has 0 rings (SSSR count). The van der Waals surface area contributed by atoms with Gasteiger partial charge >= 0.3 is 0 Å². The Morgan fingerprint density at radius 2 is 1.68 bits per heavy atom. The van der Waals surface area contributed by atoms with Crippen molar-refractivity contribution in [2.75, 3.05) is 0 Å². The molecule has 0 saturated carbocycles. The number of aliphatic hydroxyl groups is 3. The third-order valence-corrected chi connectivity index (χ3v) is 1.97. The van der Waals surface area contributed by atoms with Gasteiger partial charge in [0.2, 0.25) is 0 Å². The molecule has 0 aromatic carbocycles. The fourth-order valence-corrected chi connectivity index (χ4v) is 0.990. The van der Waals surface area contributed by atoms with E-state index in [9.17, 15) is 15.3 Å². The molecule has 11 heteroatoms. The van der Waals surface area contributed by atoms with Gasteiger partial charge in [0.1, 0.15) is 17.9 Å². The number of hydrazone groups is 2. The Bertz CT molecular complexity index is 387. The highest BCUT2D eigenvalue weighted by molar-refractivity contribution is 7.80. The van der Waals surface area contributed by atoms with Crippen molar-refractivity contribution in [2.24, 2.45) is 21.7 Å². The summed E-state index contributed by atoms with van der Waals surface area (Å²) in [5.41, 5.74) is 14.6. The lowest BCUT2D eigenvalue weighted by atomic mass is 10.1. The predicted molar refractivity (Wildman–Crippen MR) is 79.5 cm³/mol. The zero-order chi connectivity index (χ0) is 15.0. The van der Waals surface area contributed by atoms with Crippen LogP contribution in [0.25, 0.3) is 0 Å². The van der Waals surface area contributed by atoms with Crippen molar-refractivity contribution in [3.8, 4) is 0 Å². The van der Waals surface area contributed by atoms with Crippen molar-refractivity contribution in [3.63, 3.8) is 0 Å². The highest BCUT2D eigenvalue weighted by Gasteiger charge is 2.25. The maximum absolute atomic E-state index is 9.78. The third-order valence-electron chi connectivity index (χ3n) is 1.79. The lowest BCUT2D eigenvalue weighted by Crippen LogP contribution is -2.43. The second kappa shape index (κ2) is 8.66. The van der Waals surface area contributed by atoms with Crippen molar-refractivity contribution < 1.29 is 15.3 Å². The second-order valence-corrected chi connectivity index (χ2v) is 4.30. The molecule has 19 heavy (non-hydrogen) atoms. The molecule has 0 radical (unpaired) electrons. The molecule has 3 atom stereocenters. The van der Waals surface area contributed by atoms with E-state index in [2.05, 4.69) is 45.5 Å². The molecule has 0 heterocycles. The molecule has 0 aliphatic rings. The molecule has 0 amide bonds. The Kier molecular flexibility index (Phi) is 8.02. The smallest absolute Gasteiger partial charge is 0.184 e. The first-order chi connectivity index (χ1) is 8.75. The van der Waals surface area contributed by atoms with Gasteiger partial charge in [-0.2, -0.15) is 10.2 Å². The van der Waals surface area contributed by atoms with Crippen molar-refractivity contribution >= 4 is 46.6 Å². The zero-order valence-electron chi connectivity index (χ0n) is 10.0. The van der Waals surface area contributed by atoms with Crippen molar-refractivity contribution in [1.82, 2.24) is 10.9 Å². The van der Waals surface area contributed by atoms with Gasteiger partial charge in [0.25, 0.3) is 0 Å². The molecule has 108 valence electrons. The van der Waals surface area contributed by atoms with E-state index in [4.69, 9.17) is 11.5 Å². The minimum atomic E-state index is -1.52. The monoisotopic (exact) mass is 308 g/mol. The van der Waals surface area contributed by atoms with Gasteiger partial charge in [-0.25, -0.2) is 0 Å². The summed E-state index contributed by atoms with van der Waals surface area (Å²) in [5, 5.41) is 35.5. The van der Waals surface area contributed by atoms with E-state index in [1.807, 2.05) is 0 Å². The number of nitrogens with zero attached hydrogens (tertiary/aromatic N) is 2. The number of aliphatic hydroxyl groups excluding tert-OH is 3. The number of rotatable bonds is 6. The first kappa shape index (κ1) is 17.6. The molecule has 0 spiro atoms. The van der Waals surface area contributed by atoms with E-state index in [-0.39, 0.29) is 15.9 Å². The minimum Gasteiger partial charge on any atom is -0.391 e. The van der Waals surface area contributed by atoms with Crippen LogP contribution >= 0.6 is 24.4 Å². The van der Waals surface area contributed by atoms with Crippen LogP contribution in [0.2, 0.25) is 0 Å². The van der Waals surface area contributed by atoms with Crippen LogP contribution in [-0.4, -0.2) is 55.8 Å². The molecule has 0 bridgehead atoms. The van der Waals surface area contributed by atoms with Crippen molar-refractivity contribution in [1.29, 1.82) is 0 Å². The third kappa shape index (κ3) is 7.58. The molecular weight excluding hydrogens is 292 g/mol. The van der Waals surface area contributed by atoms with Gasteiger partial charge in [0.05, 0.1) is 12.3 Å². The van der Waals surface area contributed by atoms with Crippen LogP contribution < -0.4 is 22.3 Å². The number of nitrogens with one attached hydrogen (secondary N) is 2. The van der Waals surface area contributed by atoms with Crippen molar-refractivity contribution in [2.45, 2.75) is 25.2 Å². The molecule has 0 aliphatic carbocycles. The van der Waals surface area contributed by atoms with Gasteiger partial charge < -0.3 is 26.8 Å². The van der Waals surface area contributed by atoms with Crippen molar-refractivity contribution in [3.05, 3.63) is 0 Å². The number of hydrogen-bond donors (Lipinski definition) is 7. The summed E-state index contributed by atoms with van der Waals surface area (Å²) < 4.78 is 0. The summed E-state index contributed by atoms with van der Waals surface area (Å²) in [5.74, 6) is 0. The van der Waals surface area contributed by atoms with E-state index in [1.165, 1.54) is 6.92 Å². The van der Waals surface area contributed by atoms with Gasteiger partial charge in [-0.05, 0) is 31.4 Å².